The van der Waals surface area contributed by atoms with E-state index in [1.807, 2.05) is 47.5 Å². The molecule has 1 aliphatic heterocycles. The van der Waals surface area contributed by atoms with Crippen LogP contribution in [-0.4, -0.2) is 29.0 Å². The Bertz CT molecular complexity index is 837. The lowest BCUT2D eigenvalue weighted by molar-refractivity contribution is 0.0760. The molecule has 2 N–H and O–H groups in total. The SMILES string of the molecule is O=C1c2ccccc2NCN1CCc1c[nH]c2ccccc12. The molecular formula is C18H17N3O. The van der Waals surface area contributed by atoms with Crippen molar-refractivity contribution in [2.24, 2.45) is 0 Å². The van der Waals surface area contributed by atoms with Crippen LogP contribution >= 0.6 is 0 Å². The van der Waals surface area contributed by atoms with Crippen molar-refractivity contribution in [3.63, 3.8) is 0 Å². The van der Waals surface area contributed by atoms with E-state index in [2.05, 4.69) is 22.4 Å². The van der Waals surface area contributed by atoms with E-state index < -0.39 is 0 Å². The van der Waals surface area contributed by atoms with Crippen LogP contribution in [0, 0.1) is 0 Å². The summed E-state index contributed by atoms with van der Waals surface area (Å²) in [4.78, 5) is 17.7. The molecule has 3 aromatic rings. The fourth-order valence-electron chi connectivity index (χ4n) is 3.02. The number of hydrogen-bond acceptors (Lipinski definition) is 2. The molecular weight excluding hydrogens is 274 g/mol. The minimum Gasteiger partial charge on any atom is -0.367 e. The highest BCUT2D eigenvalue weighted by Gasteiger charge is 2.23. The van der Waals surface area contributed by atoms with Crippen LogP contribution in [-0.2, 0) is 6.42 Å². The topological polar surface area (TPSA) is 48.1 Å². The molecule has 0 unspecified atom stereocenters. The lowest BCUT2D eigenvalue weighted by Crippen LogP contribution is -2.41. The predicted molar refractivity (Wildman–Crippen MR) is 88.0 cm³/mol. The summed E-state index contributed by atoms with van der Waals surface area (Å²) in [7, 11) is 0. The molecule has 4 heteroatoms. The standard InChI is InChI=1S/C18H17N3O/c22-18-15-6-2-4-8-17(15)20-12-21(18)10-9-13-11-19-16-7-3-1-5-14(13)16/h1-8,11,19-20H,9-10,12H2. The first-order valence-electron chi connectivity index (χ1n) is 7.50. The largest absolute Gasteiger partial charge is 0.367 e. The molecule has 0 atom stereocenters. The van der Waals surface area contributed by atoms with Gasteiger partial charge in [0.25, 0.3) is 5.91 Å². The van der Waals surface area contributed by atoms with Crippen LogP contribution in [0.25, 0.3) is 10.9 Å². The van der Waals surface area contributed by atoms with Gasteiger partial charge < -0.3 is 15.2 Å². The molecule has 0 spiro atoms. The summed E-state index contributed by atoms with van der Waals surface area (Å²) in [5.41, 5.74) is 4.08. The maximum absolute atomic E-state index is 12.5. The molecule has 0 aliphatic carbocycles. The van der Waals surface area contributed by atoms with Crippen molar-refractivity contribution in [2.75, 3.05) is 18.5 Å². The zero-order chi connectivity index (χ0) is 14.9. The van der Waals surface area contributed by atoms with Crippen LogP contribution in [0.15, 0.2) is 54.7 Å². The van der Waals surface area contributed by atoms with E-state index in [9.17, 15) is 4.79 Å². The minimum atomic E-state index is 0.106. The summed E-state index contributed by atoms with van der Waals surface area (Å²) in [6.45, 7) is 1.28. The molecule has 2 aromatic carbocycles. The second kappa shape index (κ2) is 5.22. The van der Waals surface area contributed by atoms with Crippen LogP contribution in [0.5, 0.6) is 0 Å². The van der Waals surface area contributed by atoms with Gasteiger partial charge in [0.2, 0.25) is 0 Å². The number of rotatable bonds is 3. The summed E-state index contributed by atoms with van der Waals surface area (Å²) in [6, 6.07) is 15.9. The molecule has 110 valence electrons. The van der Waals surface area contributed by atoms with E-state index in [0.29, 0.717) is 13.2 Å². The summed E-state index contributed by atoms with van der Waals surface area (Å²) in [6.07, 6.45) is 2.89. The highest BCUT2D eigenvalue weighted by molar-refractivity contribution is 6.01. The second-order valence-corrected chi connectivity index (χ2v) is 5.56. The Labute approximate surface area is 128 Å². The first-order chi connectivity index (χ1) is 10.8. The third-order valence-electron chi connectivity index (χ3n) is 4.23. The maximum atomic E-state index is 12.5. The molecule has 0 bridgehead atoms. The average molecular weight is 291 g/mol. The number of nitrogens with zero attached hydrogens (tertiary/aromatic N) is 1. The molecule has 4 nitrogen and oxygen atoms in total. The van der Waals surface area contributed by atoms with Crippen molar-refractivity contribution in [3.05, 3.63) is 65.9 Å². The molecule has 4 rings (SSSR count). The number of carbonyl (C=O) groups is 1. The summed E-state index contributed by atoms with van der Waals surface area (Å²) in [5, 5.41) is 4.54. The number of amides is 1. The lowest BCUT2D eigenvalue weighted by Gasteiger charge is -2.29. The van der Waals surface area contributed by atoms with Gasteiger partial charge >= 0.3 is 0 Å². The maximum Gasteiger partial charge on any atom is 0.257 e. The van der Waals surface area contributed by atoms with Crippen LogP contribution in [0.2, 0.25) is 0 Å². The fourth-order valence-corrected chi connectivity index (χ4v) is 3.02. The molecule has 1 aromatic heterocycles. The lowest BCUT2D eigenvalue weighted by atomic mass is 10.1. The van der Waals surface area contributed by atoms with Crippen LogP contribution in [0.1, 0.15) is 15.9 Å². The van der Waals surface area contributed by atoms with Gasteiger partial charge in [-0.3, -0.25) is 4.79 Å². The number of aromatic amines is 1. The van der Waals surface area contributed by atoms with Crippen LogP contribution in [0.4, 0.5) is 5.69 Å². The molecule has 1 aliphatic rings. The number of para-hydroxylation sites is 2. The normalized spacial score (nSPS) is 14.0. The molecule has 2 heterocycles. The van der Waals surface area contributed by atoms with Gasteiger partial charge in [0, 0.05) is 29.3 Å². The highest BCUT2D eigenvalue weighted by Crippen LogP contribution is 2.23. The Balaban J connectivity index is 1.52. The molecule has 1 amide bonds. The molecule has 0 radical (unpaired) electrons. The number of hydrogen-bond donors (Lipinski definition) is 2. The minimum absolute atomic E-state index is 0.106. The van der Waals surface area contributed by atoms with Gasteiger partial charge in [-0.1, -0.05) is 30.3 Å². The van der Waals surface area contributed by atoms with Crippen molar-refractivity contribution in [3.8, 4) is 0 Å². The molecule has 0 fully saturated rings. The van der Waals surface area contributed by atoms with Gasteiger partial charge in [-0.25, -0.2) is 0 Å². The fraction of sp³-hybridized carbons (Fsp3) is 0.167. The Morgan fingerprint density at radius 3 is 2.82 bits per heavy atom. The first kappa shape index (κ1) is 13.0. The Hall–Kier alpha value is -2.75. The number of nitrogens with one attached hydrogen (secondary N) is 2. The van der Waals surface area contributed by atoms with Crippen molar-refractivity contribution in [1.82, 2.24) is 9.88 Å². The number of benzene rings is 2. The quantitative estimate of drug-likeness (QED) is 0.778. The van der Waals surface area contributed by atoms with Crippen LogP contribution < -0.4 is 5.32 Å². The average Bonchev–Trinajstić information content (AvgIpc) is 2.98. The number of H-pyrrole nitrogens is 1. The molecule has 22 heavy (non-hydrogen) atoms. The zero-order valence-corrected chi connectivity index (χ0v) is 12.2. The van der Waals surface area contributed by atoms with Crippen LogP contribution in [0.3, 0.4) is 0 Å². The second-order valence-electron chi connectivity index (χ2n) is 5.56. The summed E-state index contributed by atoms with van der Waals surface area (Å²) >= 11 is 0. The van der Waals surface area contributed by atoms with Gasteiger partial charge in [0.1, 0.15) is 0 Å². The van der Waals surface area contributed by atoms with E-state index in [1.165, 1.54) is 10.9 Å². The third-order valence-corrected chi connectivity index (χ3v) is 4.23. The Morgan fingerprint density at radius 1 is 1.05 bits per heavy atom. The third kappa shape index (κ3) is 2.13. The van der Waals surface area contributed by atoms with Gasteiger partial charge in [-0.05, 0) is 30.2 Å². The van der Waals surface area contributed by atoms with Gasteiger partial charge in [0.15, 0.2) is 0 Å². The van der Waals surface area contributed by atoms with Gasteiger partial charge in [-0.2, -0.15) is 0 Å². The van der Waals surface area contributed by atoms with E-state index in [4.69, 9.17) is 0 Å². The highest BCUT2D eigenvalue weighted by atomic mass is 16.2. The smallest absolute Gasteiger partial charge is 0.257 e. The van der Waals surface area contributed by atoms with Crippen molar-refractivity contribution in [1.29, 1.82) is 0 Å². The van der Waals surface area contributed by atoms with E-state index in [-0.39, 0.29) is 5.91 Å². The van der Waals surface area contributed by atoms with E-state index in [1.54, 1.807) is 0 Å². The first-order valence-corrected chi connectivity index (χ1v) is 7.50. The van der Waals surface area contributed by atoms with Crippen molar-refractivity contribution < 1.29 is 4.79 Å². The number of aromatic nitrogens is 1. The van der Waals surface area contributed by atoms with Crippen molar-refractivity contribution >= 4 is 22.5 Å². The van der Waals surface area contributed by atoms with Crippen molar-refractivity contribution in [2.45, 2.75) is 6.42 Å². The number of fused-ring (bicyclic) bond motifs is 2. The van der Waals surface area contributed by atoms with Gasteiger partial charge in [0.05, 0.1) is 12.2 Å². The predicted octanol–water partition coefficient (Wildman–Crippen LogP) is 3.24. The number of carbonyl (C=O) groups excluding carboxylic acids is 1. The molecule has 0 saturated heterocycles. The van der Waals surface area contributed by atoms with Gasteiger partial charge in [-0.15, -0.1) is 0 Å². The van der Waals surface area contributed by atoms with E-state index >= 15 is 0 Å². The summed E-state index contributed by atoms with van der Waals surface area (Å²) in [5.74, 6) is 0.106. The zero-order valence-electron chi connectivity index (χ0n) is 12.2. The number of anilines is 1. The Morgan fingerprint density at radius 2 is 1.86 bits per heavy atom. The Kier molecular flexibility index (Phi) is 3.07. The summed E-state index contributed by atoms with van der Waals surface area (Å²) < 4.78 is 0. The molecule has 0 saturated carbocycles. The van der Waals surface area contributed by atoms with E-state index in [0.717, 1.165) is 23.2 Å². The monoisotopic (exact) mass is 291 g/mol.